The van der Waals surface area contributed by atoms with E-state index in [1.807, 2.05) is 0 Å². The molecule has 0 radical (unpaired) electrons. The molecule has 0 aromatic heterocycles. The first kappa shape index (κ1) is 90.9. The van der Waals surface area contributed by atoms with Crippen molar-refractivity contribution in [2.75, 3.05) is 26.4 Å². The zero-order valence-corrected chi connectivity index (χ0v) is 61.7. The summed E-state index contributed by atoms with van der Waals surface area (Å²) in [4.78, 5) is 51.0. The lowest BCUT2D eigenvalue weighted by atomic mass is 9.84. The van der Waals surface area contributed by atoms with Gasteiger partial charge in [-0.3, -0.25) is 23.4 Å². The number of ether oxygens (including phenoxy) is 7. The molecule has 18 unspecified atom stereocenters. The zero-order valence-electron chi connectivity index (χ0n) is 60.8. The Balaban J connectivity index is 1.72. The Labute approximate surface area is 592 Å². The van der Waals surface area contributed by atoms with E-state index in [9.17, 15) is 74.9 Å². The summed E-state index contributed by atoms with van der Waals surface area (Å²) in [5.41, 5.74) is 0. The molecule has 0 aromatic rings. The highest BCUT2D eigenvalue weighted by atomic mass is 31.2. The normalized spacial score (nSPS) is 27.5. The van der Waals surface area contributed by atoms with Gasteiger partial charge in [0.05, 0.1) is 13.2 Å². The molecule has 1 saturated carbocycles. The highest BCUT2D eigenvalue weighted by molar-refractivity contribution is 7.47. The Kier molecular flexibility index (Phi) is 51.5. The maximum absolute atomic E-state index is 14.3. The molecule has 1 aliphatic carbocycles. The van der Waals surface area contributed by atoms with E-state index in [1.165, 1.54) is 161 Å². The van der Waals surface area contributed by atoms with Crippen molar-refractivity contribution in [3.63, 3.8) is 0 Å². The fourth-order valence-electron chi connectivity index (χ4n) is 12.9. The monoisotopic (exact) mass is 1440 g/mol. The fourth-order valence-corrected chi connectivity index (χ4v) is 13.9. The van der Waals surface area contributed by atoms with Gasteiger partial charge in [0.25, 0.3) is 0 Å². The van der Waals surface area contributed by atoms with E-state index in [0.717, 1.165) is 83.5 Å². The lowest BCUT2D eigenvalue weighted by Gasteiger charge is -2.49. The van der Waals surface area contributed by atoms with Crippen LogP contribution >= 0.6 is 7.82 Å². The van der Waals surface area contributed by atoms with Gasteiger partial charge in [0.15, 0.2) is 18.7 Å². The Morgan fingerprint density at radius 2 is 0.707 bits per heavy atom. The number of aliphatic hydroxyl groups excluding tert-OH is 10. The number of aliphatic hydroxyl groups is 10. The molecule has 25 heteroatoms. The highest BCUT2D eigenvalue weighted by Crippen LogP contribution is 2.49. The molecule has 3 aliphatic rings. The van der Waals surface area contributed by atoms with Gasteiger partial charge in [0.1, 0.15) is 98.7 Å². The van der Waals surface area contributed by atoms with Crippen molar-refractivity contribution in [3.8, 4) is 0 Å². The largest absolute Gasteiger partial charge is 0.472 e. The summed E-state index contributed by atoms with van der Waals surface area (Å²) in [5.74, 6) is -2.00. The molecule has 2 heterocycles. The molecule has 3 fully saturated rings. The van der Waals surface area contributed by atoms with Crippen molar-refractivity contribution >= 4 is 25.7 Å². The van der Waals surface area contributed by atoms with Crippen molar-refractivity contribution in [1.82, 2.24) is 0 Å². The summed E-state index contributed by atoms with van der Waals surface area (Å²) in [6.07, 6.45) is 15.5. The van der Waals surface area contributed by atoms with E-state index in [2.05, 4.69) is 32.9 Å². The molecule has 0 spiro atoms. The van der Waals surface area contributed by atoms with Crippen molar-refractivity contribution in [3.05, 3.63) is 12.2 Å². The number of unbranched alkanes of at least 4 members (excludes halogenated alkanes) is 38. The van der Waals surface area contributed by atoms with E-state index in [0.29, 0.717) is 25.7 Å². The molecule has 11 N–H and O–H groups in total. The van der Waals surface area contributed by atoms with Gasteiger partial charge in [0.2, 0.25) is 0 Å². The van der Waals surface area contributed by atoms with E-state index in [1.54, 1.807) is 0 Å². The Morgan fingerprint density at radius 3 is 1.10 bits per heavy atom. The third-order valence-corrected chi connectivity index (χ3v) is 20.3. The Bertz CT molecular complexity index is 2090. The van der Waals surface area contributed by atoms with Crippen molar-refractivity contribution in [2.45, 2.75) is 414 Å². The van der Waals surface area contributed by atoms with Crippen LogP contribution in [0.25, 0.3) is 0 Å². The minimum absolute atomic E-state index is 0.0322. The summed E-state index contributed by atoms with van der Waals surface area (Å²) < 4.78 is 65.1. The average molecular weight is 1440 g/mol. The van der Waals surface area contributed by atoms with Crippen LogP contribution in [-0.4, -0.2) is 204 Å². The van der Waals surface area contributed by atoms with Gasteiger partial charge in [0, 0.05) is 19.3 Å². The fraction of sp³-hybridized carbons (Fsp3) is 0.932. The molecule has 18 atom stereocenters. The SMILES string of the molecule is CCCCCCCC/C=C\CCCCCC(=O)OC(COC(=O)CCCCCCCCCCCCCCCCCC)COP(=O)(O)OC1C(OC2OC(CO)C(O)C(O)C2O)C(O)C(O)C(O)C1OC1OC(COC(=O)CCCCCCCCCCCCCCCCC)C(O)C(O)C1O. The maximum Gasteiger partial charge on any atom is 0.472 e. The van der Waals surface area contributed by atoms with Crippen LogP contribution in [0, 0.1) is 0 Å². The number of carbonyl (C=O) groups excluding carboxylic acids is 3. The van der Waals surface area contributed by atoms with Gasteiger partial charge in [-0.05, 0) is 44.9 Å². The standard InChI is InChI=1S/C74H137O24P/c1-4-7-10-13-16-19-22-25-27-29-32-33-36-39-42-45-48-58(76)90-52-55(93-60(78)50-47-44-41-38-35-30-24-21-18-15-12-9-6-3)53-92-99(88,89)98-72-70(96-73-68(86)63(81)61(79)56(51-75)94-73)66(84)65(83)67(85)71(72)97-74-69(87)64(82)62(80)57(95-74)54-91-59(77)49-46-43-40-37-34-31-28-26-23-20-17-14-11-8-5-2/h30,35,55-57,61-75,79-87H,4-29,31-34,36-54H2,1-3H3,(H,88,89)/b35-30-. The number of phosphoric ester groups is 1. The first-order chi connectivity index (χ1) is 47.8. The summed E-state index contributed by atoms with van der Waals surface area (Å²) >= 11 is 0. The number of esters is 3. The van der Waals surface area contributed by atoms with E-state index < -0.39 is 156 Å². The molecule has 0 bridgehead atoms. The molecule has 3 rings (SSSR count). The Hall–Kier alpha value is -2.30. The molecule has 2 aliphatic heterocycles. The average Bonchev–Trinajstić information content (AvgIpc) is 0.764. The van der Waals surface area contributed by atoms with Crippen LogP contribution < -0.4 is 0 Å². The molecule has 24 nitrogen and oxygen atoms in total. The number of phosphoric acid groups is 1. The predicted molar refractivity (Wildman–Crippen MR) is 375 cm³/mol. The van der Waals surface area contributed by atoms with Crippen LogP contribution in [0.1, 0.15) is 310 Å². The smallest absolute Gasteiger partial charge is 0.463 e. The minimum Gasteiger partial charge on any atom is -0.463 e. The summed E-state index contributed by atoms with van der Waals surface area (Å²) in [5, 5.41) is 110. The van der Waals surface area contributed by atoms with Crippen molar-refractivity contribution in [2.24, 2.45) is 0 Å². The first-order valence-corrected chi connectivity index (χ1v) is 40.5. The second-order valence-electron chi connectivity index (χ2n) is 28.1. The molecule has 582 valence electrons. The lowest BCUT2D eigenvalue weighted by molar-refractivity contribution is -0.360. The molecule has 0 amide bonds. The quantitative estimate of drug-likeness (QED) is 0.00886. The van der Waals surface area contributed by atoms with Gasteiger partial charge < -0.3 is 89.1 Å². The molecular weight excluding hydrogens is 1300 g/mol. The Morgan fingerprint density at radius 1 is 0.384 bits per heavy atom. The van der Waals surface area contributed by atoms with Crippen molar-refractivity contribution in [1.29, 1.82) is 0 Å². The second-order valence-corrected chi connectivity index (χ2v) is 29.5. The molecule has 2 saturated heterocycles. The van der Waals surface area contributed by atoms with Gasteiger partial charge >= 0.3 is 25.7 Å². The maximum atomic E-state index is 14.3. The van der Waals surface area contributed by atoms with Crippen LogP contribution in [0.2, 0.25) is 0 Å². The molecule has 99 heavy (non-hydrogen) atoms. The number of carbonyl (C=O) groups is 3. The van der Waals surface area contributed by atoms with Crippen LogP contribution in [0.3, 0.4) is 0 Å². The number of allylic oxidation sites excluding steroid dienone is 2. The van der Waals surface area contributed by atoms with Crippen LogP contribution in [0.15, 0.2) is 12.2 Å². The lowest BCUT2D eigenvalue weighted by Crippen LogP contribution is -2.69. The van der Waals surface area contributed by atoms with Gasteiger partial charge in [-0.2, -0.15) is 0 Å². The zero-order chi connectivity index (χ0) is 72.5. The van der Waals surface area contributed by atoms with Crippen molar-refractivity contribution < 1.29 is 117 Å². The second kappa shape index (κ2) is 56.1. The molecular formula is C74H137O24P. The number of hydrogen-bond donors (Lipinski definition) is 11. The summed E-state index contributed by atoms with van der Waals surface area (Å²) in [6.45, 7) is 3.45. The van der Waals surface area contributed by atoms with Crippen LogP contribution in [-0.2, 0) is 61.2 Å². The van der Waals surface area contributed by atoms with Gasteiger partial charge in [-0.15, -0.1) is 0 Å². The third kappa shape index (κ3) is 39.0. The van der Waals surface area contributed by atoms with E-state index >= 15 is 0 Å². The van der Waals surface area contributed by atoms with E-state index in [-0.39, 0.29) is 19.3 Å². The molecule has 0 aromatic carbocycles. The van der Waals surface area contributed by atoms with Crippen LogP contribution in [0.5, 0.6) is 0 Å². The van der Waals surface area contributed by atoms with Gasteiger partial charge in [-0.25, -0.2) is 4.57 Å². The number of hydrogen-bond acceptors (Lipinski definition) is 23. The minimum atomic E-state index is -5.70. The van der Waals surface area contributed by atoms with Crippen LogP contribution in [0.4, 0.5) is 0 Å². The summed E-state index contributed by atoms with van der Waals surface area (Å²) in [7, 11) is -5.70. The topological polar surface area (TPSA) is 374 Å². The summed E-state index contributed by atoms with van der Waals surface area (Å²) in [6, 6.07) is 0. The third-order valence-electron chi connectivity index (χ3n) is 19.3. The number of rotatable bonds is 61. The highest BCUT2D eigenvalue weighted by Gasteiger charge is 2.58. The van der Waals surface area contributed by atoms with Gasteiger partial charge in [-0.1, -0.05) is 258 Å². The first-order valence-electron chi connectivity index (χ1n) is 39.0. The predicted octanol–water partition coefficient (Wildman–Crippen LogP) is 11.1. The van der Waals surface area contributed by atoms with E-state index in [4.69, 9.17) is 42.2 Å².